The lowest BCUT2D eigenvalue weighted by atomic mass is 9.94. The van der Waals surface area contributed by atoms with E-state index in [1.165, 1.54) is 16.3 Å². The second-order valence-electron chi connectivity index (χ2n) is 15.0. The second-order valence-corrected chi connectivity index (χ2v) is 19.6. The number of carbonyl (C=O) groups excluding carboxylic acids is 1. The molecule has 1 saturated heterocycles. The highest BCUT2D eigenvalue weighted by Crippen LogP contribution is 2.47. The molecular weight excluding hydrogens is 665 g/mol. The number of aromatic nitrogens is 3. The van der Waals surface area contributed by atoms with Crippen LogP contribution < -0.4 is 14.8 Å². The van der Waals surface area contributed by atoms with Crippen LogP contribution in [-0.2, 0) is 28.9 Å². The van der Waals surface area contributed by atoms with Crippen molar-refractivity contribution in [2.24, 2.45) is 5.92 Å². The van der Waals surface area contributed by atoms with Crippen molar-refractivity contribution in [1.29, 1.82) is 0 Å². The minimum absolute atomic E-state index is 0.0259. The van der Waals surface area contributed by atoms with Gasteiger partial charge in [0, 0.05) is 24.8 Å². The highest BCUT2D eigenvalue weighted by atomic mass is 28.3. The van der Waals surface area contributed by atoms with E-state index in [0.29, 0.717) is 24.4 Å². The Hall–Kier alpha value is -4.57. The predicted octanol–water partition coefficient (Wildman–Crippen LogP) is 7.43. The number of rotatable bonds is 13. The molecule has 1 amide bonds. The third-order valence-corrected chi connectivity index (χ3v) is 15.9. The van der Waals surface area contributed by atoms with Crippen molar-refractivity contribution in [3.05, 3.63) is 132 Å². The summed E-state index contributed by atoms with van der Waals surface area (Å²) < 4.78 is 14.5. The maximum Gasteiger partial charge on any atom is 0.231 e. The molecule has 0 saturated carbocycles. The summed E-state index contributed by atoms with van der Waals surface area (Å²) in [4.78, 5) is 15.1. The zero-order valence-electron chi connectivity index (χ0n) is 30.7. The van der Waals surface area contributed by atoms with Gasteiger partial charge in [-0.05, 0) is 84.2 Å². The summed E-state index contributed by atoms with van der Waals surface area (Å²) in [5.74, 6) is 1.16. The number of nitrogens with zero attached hydrogens (tertiary/aromatic N) is 4. The van der Waals surface area contributed by atoms with Crippen LogP contribution in [0.1, 0.15) is 54.5 Å². The highest BCUT2D eigenvalue weighted by Gasteiger charge is 2.50. The zero-order chi connectivity index (χ0) is 36.2. The predicted molar refractivity (Wildman–Crippen MR) is 208 cm³/mol. The molecule has 2 aliphatic heterocycles. The number of methoxy groups -OCH3 is 1. The van der Waals surface area contributed by atoms with Gasteiger partial charge in [0.15, 0.2) is 0 Å². The fraction of sp³-hybridized carbons (Fsp3) is 0.372. The highest BCUT2D eigenvalue weighted by molar-refractivity contribution is 6.91. The van der Waals surface area contributed by atoms with E-state index in [1.54, 1.807) is 7.11 Å². The van der Waals surface area contributed by atoms with Crippen LogP contribution in [0.5, 0.6) is 5.75 Å². The third-order valence-electron chi connectivity index (χ3n) is 11.5. The molecule has 1 N–H and O–H groups in total. The van der Waals surface area contributed by atoms with Crippen molar-refractivity contribution < 1.29 is 19.4 Å². The van der Waals surface area contributed by atoms with Gasteiger partial charge in [-0.15, -0.1) is 5.10 Å². The number of amides is 1. The van der Waals surface area contributed by atoms with Crippen molar-refractivity contribution >= 4 is 30.5 Å². The summed E-state index contributed by atoms with van der Waals surface area (Å²) in [7, 11) is -0.324. The average Bonchev–Trinajstić information content (AvgIpc) is 3.77. The van der Waals surface area contributed by atoms with Gasteiger partial charge in [-0.3, -0.25) is 14.4 Å². The molecule has 4 aromatic carbocycles. The van der Waals surface area contributed by atoms with Crippen LogP contribution in [0.15, 0.2) is 109 Å². The van der Waals surface area contributed by atoms with Crippen molar-refractivity contribution in [1.82, 2.24) is 15.0 Å². The largest absolute Gasteiger partial charge is 0.497 e. The van der Waals surface area contributed by atoms with Crippen LogP contribution in [-0.4, -0.2) is 60.0 Å². The molecule has 52 heavy (non-hydrogen) atoms. The van der Waals surface area contributed by atoms with Crippen LogP contribution in [0, 0.1) is 5.92 Å². The number of aliphatic hydroxyl groups excluding tert-OH is 1. The fourth-order valence-electron chi connectivity index (χ4n) is 8.68. The van der Waals surface area contributed by atoms with E-state index in [0.717, 1.165) is 54.1 Å². The molecule has 0 spiro atoms. The molecule has 2 aliphatic rings. The molecule has 9 heteroatoms. The molecule has 3 heterocycles. The van der Waals surface area contributed by atoms with Gasteiger partial charge in [0.25, 0.3) is 0 Å². The van der Waals surface area contributed by atoms with E-state index >= 15 is 0 Å². The number of hydrogen-bond acceptors (Lipinski definition) is 6. The van der Waals surface area contributed by atoms with Crippen molar-refractivity contribution in [3.63, 3.8) is 0 Å². The lowest BCUT2D eigenvalue weighted by molar-refractivity contribution is -0.118. The Morgan fingerprint density at radius 2 is 1.69 bits per heavy atom. The smallest absolute Gasteiger partial charge is 0.231 e. The molecule has 1 unspecified atom stereocenters. The number of hydrogen-bond donors (Lipinski definition) is 1. The summed E-state index contributed by atoms with van der Waals surface area (Å²) in [6, 6.07) is 35.3. The molecule has 0 aliphatic carbocycles. The van der Waals surface area contributed by atoms with Gasteiger partial charge in [-0.1, -0.05) is 103 Å². The van der Waals surface area contributed by atoms with Crippen LogP contribution in [0.4, 0.5) is 11.4 Å². The summed E-state index contributed by atoms with van der Waals surface area (Å²) in [6.07, 6.45) is 6.04. The Bertz CT molecular complexity index is 1960. The number of carbonyl (C=O) groups is 1. The quantitative estimate of drug-likeness (QED) is 0.128. The Kier molecular flexibility index (Phi) is 10.7. The van der Waals surface area contributed by atoms with Gasteiger partial charge in [0.1, 0.15) is 5.75 Å². The first-order valence-electron chi connectivity index (χ1n) is 18.6. The van der Waals surface area contributed by atoms with E-state index in [9.17, 15) is 9.90 Å². The molecule has 0 radical (unpaired) electrons. The van der Waals surface area contributed by atoms with Crippen molar-refractivity contribution in [2.45, 2.75) is 82.3 Å². The Morgan fingerprint density at radius 3 is 2.46 bits per heavy atom. The van der Waals surface area contributed by atoms with Gasteiger partial charge >= 0.3 is 0 Å². The van der Waals surface area contributed by atoms with E-state index < -0.39 is 8.07 Å². The molecule has 7 rings (SSSR count). The molecule has 270 valence electrons. The number of ether oxygens (including phenoxy) is 2. The van der Waals surface area contributed by atoms with Gasteiger partial charge in [0.05, 0.1) is 51.3 Å². The van der Waals surface area contributed by atoms with Crippen molar-refractivity contribution in [2.75, 3.05) is 18.6 Å². The zero-order valence-corrected chi connectivity index (χ0v) is 31.7. The maximum absolute atomic E-state index is 13.2. The topological polar surface area (TPSA) is 89.7 Å². The number of fused-ring (bicyclic) bond motifs is 1. The minimum atomic E-state index is -2.04. The summed E-state index contributed by atoms with van der Waals surface area (Å²) >= 11 is 0. The minimum Gasteiger partial charge on any atom is -0.497 e. The van der Waals surface area contributed by atoms with Gasteiger partial charge < -0.3 is 14.6 Å². The lowest BCUT2D eigenvalue weighted by Gasteiger charge is -2.36. The van der Waals surface area contributed by atoms with E-state index in [4.69, 9.17) is 9.47 Å². The molecule has 5 aromatic rings. The summed E-state index contributed by atoms with van der Waals surface area (Å²) in [5, 5.41) is 20.6. The number of aliphatic hydroxyl groups is 1. The third kappa shape index (κ3) is 7.35. The van der Waals surface area contributed by atoms with E-state index in [1.807, 2.05) is 64.3 Å². The Morgan fingerprint density at radius 1 is 0.923 bits per heavy atom. The van der Waals surface area contributed by atoms with Gasteiger partial charge in [-0.25, -0.2) is 0 Å². The molecular formula is C43H50N4O4Si. The van der Waals surface area contributed by atoms with Crippen LogP contribution >= 0.6 is 0 Å². The van der Waals surface area contributed by atoms with Crippen LogP contribution in [0.3, 0.4) is 0 Å². The van der Waals surface area contributed by atoms with Crippen LogP contribution in [0.25, 0.3) is 0 Å². The average molecular weight is 715 g/mol. The number of benzene rings is 4. The number of anilines is 2. The first kappa shape index (κ1) is 35.8. The fourth-order valence-corrected chi connectivity index (χ4v) is 12.8. The van der Waals surface area contributed by atoms with E-state index in [-0.39, 0.29) is 30.6 Å². The number of para-hydroxylation sites is 1. The SMILES string of the molecule is COc1ccc([Si](C)(C)[C@@H]2[C@@H](C)[C@@H](CCc3cccc(N4C(=O)CCc5ccccc54)c3)O[C@H]2CCn2cc(C(CO)c3ccccc3)nn2)cc1. The molecule has 8 nitrogen and oxygen atoms in total. The van der Waals surface area contributed by atoms with Crippen molar-refractivity contribution in [3.8, 4) is 5.75 Å². The van der Waals surface area contributed by atoms with E-state index in [2.05, 4.69) is 84.9 Å². The number of aryl methyl sites for hydroxylation is 3. The maximum atomic E-state index is 13.2. The molecule has 0 bridgehead atoms. The van der Waals surface area contributed by atoms with Crippen LogP contribution in [0.2, 0.25) is 18.6 Å². The molecule has 1 aromatic heterocycles. The standard InChI is InChI=1S/C43H50N4O4Si/c1-30-40(23-17-31-11-10-15-34(27-31)47-39-16-9-8-14-33(39)18-24-42(47)49)51-41(43(30)52(3,4)36-21-19-35(50-2)20-22-36)25-26-46-28-38(44-45-46)37(29-48)32-12-6-5-7-13-32/h5-16,19-22,27-28,30,37,40-41,43,48H,17-18,23-26,29H2,1-4H3/t30-,37?,40+,41-,43+/m0/s1. The van der Waals surface area contributed by atoms with Gasteiger partial charge in [-0.2, -0.15) is 0 Å². The lowest BCUT2D eigenvalue weighted by Crippen LogP contribution is -2.50. The summed E-state index contributed by atoms with van der Waals surface area (Å²) in [6.45, 7) is 7.99. The summed E-state index contributed by atoms with van der Waals surface area (Å²) in [5.41, 5.74) is 6.54. The first-order chi connectivity index (χ1) is 25.3. The normalized spacial score (nSPS) is 20.9. The Labute approximate surface area is 308 Å². The molecule has 1 fully saturated rings. The van der Waals surface area contributed by atoms with Gasteiger partial charge in [0.2, 0.25) is 5.91 Å². The molecule has 5 atom stereocenters. The monoisotopic (exact) mass is 714 g/mol. The first-order valence-corrected chi connectivity index (χ1v) is 21.7. The Balaban J connectivity index is 1.09. The second kappa shape index (κ2) is 15.6.